The molecule has 0 amide bonds. The van der Waals surface area contributed by atoms with Crippen molar-refractivity contribution in [2.24, 2.45) is 23.2 Å². The number of rotatable bonds is 15. The predicted octanol–water partition coefficient (Wildman–Crippen LogP) is 8.97. The lowest BCUT2D eigenvalue weighted by Gasteiger charge is -2.53. The van der Waals surface area contributed by atoms with Crippen LogP contribution in [0, 0.1) is 23.2 Å². The summed E-state index contributed by atoms with van der Waals surface area (Å²) in [7, 11) is 1.86. The molecule has 1 aromatic carbocycles. The molecule has 0 bridgehead atoms. The second kappa shape index (κ2) is 14.5. The molecular weight excluding hydrogens is 673 g/mol. The number of unbranched alkanes of at least 4 members (excludes halogenated alkanes) is 2. The molecule has 2 saturated carbocycles. The van der Waals surface area contributed by atoms with Gasteiger partial charge in [0.15, 0.2) is 0 Å². The van der Waals surface area contributed by atoms with Crippen LogP contribution in [0.15, 0.2) is 30.4 Å². The van der Waals surface area contributed by atoms with E-state index in [1.807, 2.05) is 18.0 Å². The Morgan fingerprint density at radius 3 is 2.25 bits per heavy atom. The Balaban J connectivity index is 1.21. The van der Waals surface area contributed by atoms with Crippen molar-refractivity contribution in [3.05, 3.63) is 41.5 Å². The van der Waals surface area contributed by atoms with E-state index in [4.69, 9.17) is 0 Å². The first-order chi connectivity index (χ1) is 22.2. The lowest BCUT2D eigenvalue weighted by atomic mass is 9.51. The molecule has 3 aliphatic rings. The minimum Gasteiger partial charge on any atom is -0.508 e. The quantitative estimate of drug-likeness (QED) is 0.0960. The number of alkyl halides is 9. The van der Waals surface area contributed by atoms with E-state index >= 15 is 0 Å². The van der Waals surface area contributed by atoms with Gasteiger partial charge in [-0.25, -0.2) is 0 Å². The number of aliphatic hydroxyl groups excluding tert-OH is 2. The third kappa shape index (κ3) is 7.37. The van der Waals surface area contributed by atoms with Gasteiger partial charge in [0.05, 0.1) is 12.2 Å². The highest BCUT2D eigenvalue weighted by Gasteiger charge is 2.81. The maximum atomic E-state index is 13.7. The molecule has 0 heterocycles. The zero-order chi connectivity index (χ0) is 35.9. The molecule has 0 saturated heterocycles. The third-order valence-corrected chi connectivity index (χ3v) is 12.3. The van der Waals surface area contributed by atoms with Crippen LogP contribution in [0.5, 0.6) is 5.75 Å². The molecule has 4 rings (SSSR count). The Kier molecular flexibility index (Phi) is 11.9. The predicted molar refractivity (Wildman–Crippen MR) is 167 cm³/mol. The molecule has 48 heavy (non-hydrogen) atoms. The molecule has 0 aliphatic heterocycles. The van der Waals surface area contributed by atoms with Gasteiger partial charge in [-0.1, -0.05) is 32.4 Å². The maximum absolute atomic E-state index is 13.7. The van der Waals surface area contributed by atoms with Gasteiger partial charge in [-0.05, 0) is 128 Å². The molecule has 0 radical (unpaired) electrons. The normalized spacial score (nSPS) is 29.6. The third-order valence-electron chi connectivity index (χ3n) is 11.2. The Morgan fingerprint density at radius 2 is 1.58 bits per heavy atom. The van der Waals surface area contributed by atoms with Gasteiger partial charge in [-0.3, -0.25) is 0 Å². The number of thioether (sulfide) groups is 1. The van der Waals surface area contributed by atoms with Gasteiger partial charge in [-0.2, -0.15) is 51.3 Å². The van der Waals surface area contributed by atoms with Crippen LogP contribution in [0.4, 0.5) is 39.5 Å². The molecule has 3 aliphatic carbocycles. The van der Waals surface area contributed by atoms with E-state index in [0.717, 1.165) is 67.0 Å². The Bertz CT molecular complexity index is 1280. The van der Waals surface area contributed by atoms with E-state index in [1.54, 1.807) is 12.1 Å². The van der Waals surface area contributed by atoms with Crippen LogP contribution >= 0.6 is 11.8 Å². The fourth-order valence-electron chi connectivity index (χ4n) is 8.38. The summed E-state index contributed by atoms with van der Waals surface area (Å²) in [5.41, 5.74) is 2.53. The second-order valence-corrected chi connectivity index (χ2v) is 15.4. The van der Waals surface area contributed by atoms with Crippen molar-refractivity contribution >= 4 is 11.8 Å². The fourth-order valence-corrected chi connectivity index (χ4v) is 9.32. The summed E-state index contributed by atoms with van der Waals surface area (Å²) < 4.78 is 117. The summed E-state index contributed by atoms with van der Waals surface area (Å²) in [5, 5.41) is 32.6. The Labute approximate surface area is 280 Å². The van der Waals surface area contributed by atoms with Crippen LogP contribution < -0.4 is 0 Å². The Hall–Kier alpha value is -1.64. The van der Waals surface area contributed by atoms with Crippen LogP contribution in [-0.2, 0) is 0 Å². The standard InChI is InChI=1S/C34H46F9NO3S/c1-20-27(46)19-26-28-23(11-12-30(20,26)2)22-10-9-21(45)18-25(22)29(47)24(28)8-5-4-6-14-44(3)15-7-16-48-17-13-31(35,36)32(37,38)33(39,40)34(41,42)43/h9-10,18,23-24,26-29,45-47H,1,4-8,11-17,19H2,2-3H3/t23?,24-,26?,27+,28?,29-,30+/m0/s1. The first kappa shape index (κ1) is 39.2. The molecule has 4 nitrogen and oxygen atoms in total. The van der Waals surface area contributed by atoms with Crippen LogP contribution in [0.2, 0.25) is 0 Å². The average molecular weight is 720 g/mol. The highest BCUT2D eigenvalue weighted by atomic mass is 32.2. The number of hydrogen-bond acceptors (Lipinski definition) is 5. The van der Waals surface area contributed by atoms with Crippen molar-refractivity contribution in [1.29, 1.82) is 0 Å². The molecule has 7 atom stereocenters. The molecule has 3 unspecified atom stereocenters. The van der Waals surface area contributed by atoms with Gasteiger partial charge < -0.3 is 20.2 Å². The number of fused-ring (bicyclic) bond motifs is 5. The fraction of sp³-hybridized carbons (Fsp3) is 0.765. The number of halogens is 9. The van der Waals surface area contributed by atoms with Crippen molar-refractivity contribution in [3.8, 4) is 5.75 Å². The van der Waals surface area contributed by atoms with Crippen LogP contribution in [0.25, 0.3) is 0 Å². The van der Waals surface area contributed by atoms with E-state index in [2.05, 4.69) is 13.5 Å². The monoisotopic (exact) mass is 719 g/mol. The van der Waals surface area contributed by atoms with Crippen molar-refractivity contribution in [3.63, 3.8) is 0 Å². The number of phenols is 1. The zero-order valence-electron chi connectivity index (χ0n) is 27.2. The molecular formula is C34H46F9NO3S. The minimum atomic E-state index is -6.85. The molecule has 3 N–H and O–H groups in total. The van der Waals surface area contributed by atoms with Gasteiger partial charge in [0, 0.05) is 6.42 Å². The SMILES string of the molecule is C=C1[C@H](O)CC2C3C(CC[C@]12C)c1ccc(O)cc1[C@@H](O)[C@H]3CCCCCN(C)CCCSCCC(F)(F)C(F)(F)C(F)(F)C(F)(F)F. The first-order valence-corrected chi connectivity index (χ1v) is 17.7. The highest BCUT2D eigenvalue weighted by molar-refractivity contribution is 7.99. The zero-order valence-corrected chi connectivity index (χ0v) is 28.0. The maximum Gasteiger partial charge on any atom is 0.460 e. The van der Waals surface area contributed by atoms with Crippen molar-refractivity contribution in [1.82, 2.24) is 4.90 Å². The van der Waals surface area contributed by atoms with E-state index in [1.165, 1.54) is 0 Å². The minimum absolute atomic E-state index is 0.0474. The molecule has 1 aromatic rings. The van der Waals surface area contributed by atoms with E-state index < -0.39 is 48.3 Å². The van der Waals surface area contributed by atoms with E-state index in [9.17, 15) is 54.8 Å². The smallest absolute Gasteiger partial charge is 0.460 e. The number of hydrogen-bond donors (Lipinski definition) is 3. The van der Waals surface area contributed by atoms with Crippen molar-refractivity contribution in [2.75, 3.05) is 31.6 Å². The summed E-state index contributed by atoms with van der Waals surface area (Å²) >= 11 is 0.789. The summed E-state index contributed by atoms with van der Waals surface area (Å²) in [6.45, 7) is 7.68. The van der Waals surface area contributed by atoms with Crippen molar-refractivity contribution < 1.29 is 54.8 Å². The summed E-state index contributed by atoms with van der Waals surface area (Å²) in [4.78, 5) is 2.01. The van der Waals surface area contributed by atoms with E-state index in [-0.39, 0.29) is 40.6 Å². The molecule has 0 aromatic heterocycles. The van der Waals surface area contributed by atoms with Gasteiger partial charge >= 0.3 is 23.9 Å². The lowest BCUT2D eigenvalue weighted by Crippen LogP contribution is -2.60. The number of aromatic hydroxyl groups is 1. The van der Waals surface area contributed by atoms with Crippen molar-refractivity contribution in [2.45, 2.75) is 107 Å². The van der Waals surface area contributed by atoms with Crippen LogP contribution in [-0.4, -0.2) is 81.9 Å². The summed E-state index contributed by atoms with van der Waals surface area (Å²) in [5.74, 6) is -18.8. The van der Waals surface area contributed by atoms with E-state index in [0.29, 0.717) is 25.9 Å². The van der Waals surface area contributed by atoms with Gasteiger partial charge in [0.2, 0.25) is 0 Å². The number of nitrogens with zero attached hydrogens (tertiary/aromatic N) is 1. The Morgan fingerprint density at radius 1 is 0.917 bits per heavy atom. The van der Waals surface area contributed by atoms with Gasteiger partial charge in [-0.15, -0.1) is 0 Å². The second-order valence-electron chi connectivity index (χ2n) is 14.2. The van der Waals surface area contributed by atoms with Crippen LogP contribution in [0.1, 0.15) is 87.9 Å². The molecule has 14 heteroatoms. The molecule has 274 valence electrons. The summed E-state index contributed by atoms with van der Waals surface area (Å²) in [6.07, 6.45) is -3.67. The number of benzene rings is 1. The molecule has 2 fully saturated rings. The van der Waals surface area contributed by atoms with Crippen LogP contribution in [0.3, 0.4) is 0 Å². The summed E-state index contributed by atoms with van der Waals surface area (Å²) in [6, 6.07) is 5.26. The largest absolute Gasteiger partial charge is 0.508 e. The first-order valence-electron chi connectivity index (χ1n) is 16.5. The highest BCUT2D eigenvalue weighted by Crippen LogP contribution is 2.65. The number of aliphatic hydroxyl groups is 2. The molecule has 0 spiro atoms. The van der Waals surface area contributed by atoms with Gasteiger partial charge in [0.1, 0.15) is 5.75 Å². The average Bonchev–Trinajstić information content (AvgIpc) is 3.23. The van der Waals surface area contributed by atoms with Gasteiger partial charge in [0.25, 0.3) is 0 Å². The topological polar surface area (TPSA) is 63.9 Å². The lowest BCUT2D eigenvalue weighted by molar-refractivity contribution is -0.396. The number of phenolic OH excluding ortho intramolecular Hbond substituents is 1.